The molecule has 4 rings (SSSR count). The van der Waals surface area contributed by atoms with Crippen molar-refractivity contribution < 1.29 is 4.79 Å². The average Bonchev–Trinajstić information content (AvgIpc) is 2.81. The van der Waals surface area contributed by atoms with Crippen LogP contribution in [-0.2, 0) is 24.4 Å². The molecule has 0 bridgehead atoms. The van der Waals surface area contributed by atoms with Gasteiger partial charge >= 0.3 is 5.69 Å². The van der Waals surface area contributed by atoms with Crippen molar-refractivity contribution in [1.29, 1.82) is 0 Å². The van der Waals surface area contributed by atoms with Crippen molar-refractivity contribution in [3.63, 3.8) is 0 Å². The molecule has 8 nitrogen and oxygen atoms in total. The number of fused-ring (bicyclic) bond motifs is 1. The average molecular weight is 464 g/mol. The summed E-state index contributed by atoms with van der Waals surface area (Å²) in [5.41, 5.74) is 1.74. The van der Waals surface area contributed by atoms with E-state index in [1.807, 2.05) is 31.2 Å². The molecule has 0 saturated carbocycles. The van der Waals surface area contributed by atoms with E-state index in [0.29, 0.717) is 23.0 Å². The first-order chi connectivity index (χ1) is 15.9. The molecule has 0 radical (unpaired) electrons. The number of hydrogen-bond acceptors (Lipinski definition) is 5. The van der Waals surface area contributed by atoms with Gasteiger partial charge in [0.2, 0.25) is 5.91 Å². The van der Waals surface area contributed by atoms with Crippen molar-refractivity contribution in [3.05, 3.63) is 91.7 Å². The highest BCUT2D eigenvalue weighted by Gasteiger charge is 2.17. The van der Waals surface area contributed by atoms with Gasteiger partial charge in [-0.25, -0.2) is 14.8 Å². The molecule has 9 heteroatoms. The predicted molar refractivity (Wildman–Crippen MR) is 127 cm³/mol. The Morgan fingerprint density at radius 2 is 1.85 bits per heavy atom. The van der Waals surface area contributed by atoms with Crippen LogP contribution in [0, 0.1) is 6.92 Å². The summed E-state index contributed by atoms with van der Waals surface area (Å²) >= 11 is 5.94. The van der Waals surface area contributed by atoms with Crippen LogP contribution in [0.5, 0.6) is 0 Å². The summed E-state index contributed by atoms with van der Waals surface area (Å²) in [6, 6.07) is 14.7. The van der Waals surface area contributed by atoms with Gasteiger partial charge in [-0.05, 0) is 43.7 Å². The van der Waals surface area contributed by atoms with Crippen molar-refractivity contribution in [3.8, 4) is 11.4 Å². The lowest BCUT2D eigenvalue weighted by atomic mass is 10.1. The number of carbonyl (C=O) groups excluding carboxylic acids is 1. The van der Waals surface area contributed by atoms with E-state index >= 15 is 0 Å². The van der Waals surface area contributed by atoms with Gasteiger partial charge in [-0.15, -0.1) is 0 Å². The second kappa shape index (κ2) is 9.38. The van der Waals surface area contributed by atoms with Crippen LogP contribution in [0.2, 0.25) is 5.02 Å². The number of aromatic nitrogens is 4. The molecule has 1 amide bonds. The summed E-state index contributed by atoms with van der Waals surface area (Å²) in [4.78, 5) is 47.4. The molecule has 0 aliphatic rings. The lowest BCUT2D eigenvalue weighted by Crippen LogP contribution is -2.44. The molecular weight excluding hydrogens is 442 g/mol. The van der Waals surface area contributed by atoms with Gasteiger partial charge in [-0.3, -0.25) is 18.7 Å². The second-order valence-electron chi connectivity index (χ2n) is 7.62. The maximum absolute atomic E-state index is 13.0. The van der Waals surface area contributed by atoms with Gasteiger partial charge in [-0.2, -0.15) is 0 Å². The number of halogens is 1. The summed E-state index contributed by atoms with van der Waals surface area (Å²) in [7, 11) is 0. The van der Waals surface area contributed by atoms with Crippen LogP contribution >= 0.6 is 11.6 Å². The zero-order chi connectivity index (χ0) is 23.5. The van der Waals surface area contributed by atoms with E-state index in [2.05, 4.69) is 15.3 Å². The first-order valence-corrected chi connectivity index (χ1v) is 10.8. The van der Waals surface area contributed by atoms with Crippen LogP contribution in [0.25, 0.3) is 22.4 Å². The van der Waals surface area contributed by atoms with E-state index in [1.54, 1.807) is 31.2 Å². The molecule has 4 aromatic rings. The summed E-state index contributed by atoms with van der Waals surface area (Å²) in [6.45, 7) is 3.93. The molecule has 0 unspecified atom stereocenters. The van der Waals surface area contributed by atoms with E-state index in [9.17, 15) is 14.4 Å². The number of hydrogen-bond donors (Lipinski definition) is 1. The Labute approximate surface area is 194 Å². The third kappa shape index (κ3) is 4.70. The van der Waals surface area contributed by atoms with Gasteiger partial charge in [0.25, 0.3) is 5.56 Å². The van der Waals surface area contributed by atoms with Gasteiger partial charge < -0.3 is 5.32 Å². The number of benzene rings is 2. The largest absolute Gasteiger partial charge is 0.350 e. The monoisotopic (exact) mass is 463 g/mol. The Hall–Kier alpha value is -3.78. The van der Waals surface area contributed by atoms with Gasteiger partial charge in [0.15, 0.2) is 11.5 Å². The molecule has 0 spiro atoms. The van der Waals surface area contributed by atoms with Crippen LogP contribution < -0.4 is 16.6 Å². The number of aryl methyl sites for hydroxylation is 2. The quantitative estimate of drug-likeness (QED) is 0.474. The minimum absolute atomic E-state index is 0.167. The maximum Gasteiger partial charge on any atom is 0.333 e. The summed E-state index contributed by atoms with van der Waals surface area (Å²) in [5.74, 6) is -0.0646. The lowest BCUT2D eigenvalue weighted by molar-refractivity contribution is -0.121. The van der Waals surface area contributed by atoms with Crippen LogP contribution in [0.3, 0.4) is 0 Å². The second-order valence-corrected chi connectivity index (χ2v) is 8.06. The Balaban J connectivity index is 1.67. The number of amides is 1. The minimum atomic E-state index is -0.604. The number of rotatable bonds is 6. The Morgan fingerprint density at radius 1 is 1.09 bits per heavy atom. The van der Waals surface area contributed by atoms with E-state index in [0.717, 1.165) is 15.7 Å². The fourth-order valence-corrected chi connectivity index (χ4v) is 3.71. The van der Waals surface area contributed by atoms with Crippen LogP contribution in [0.1, 0.15) is 18.1 Å². The number of nitrogens with zero attached hydrogens (tertiary/aromatic N) is 4. The number of nitrogens with one attached hydrogen (secondary N) is 1. The molecule has 33 heavy (non-hydrogen) atoms. The zero-order valence-corrected chi connectivity index (χ0v) is 19.0. The molecule has 168 valence electrons. The van der Waals surface area contributed by atoms with Gasteiger partial charge in [0.05, 0.1) is 0 Å². The van der Waals surface area contributed by atoms with E-state index < -0.39 is 23.7 Å². The first-order valence-electron chi connectivity index (χ1n) is 10.5. The molecule has 2 heterocycles. The van der Waals surface area contributed by atoms with E-state index in [-0.39, 0.29) is 17.6 Å². The Morgan fingerprint density at radius 3 is 2.55 bits per heavy atom. The Kier molecular flexibility index (Phi) is 6.37. The molecule has 0 atom stereocenters. The van der Waals surface area contributed by atoms with Gasteiger partial charge in [0, 0.05) is 29.9 Å². The summed E-state index contributed by atoms with van der Waals surface area (Å²) in [6.07, 6.45) is 1.39. The van der Waals surface area contributed by atoms with Crippen LogP contribution in [-0.4, -0.2) is 25.0 Å². The fourth-order valence-electron chi connectivity index (χ4n) is 3.58. The molecule has 0 fully saturated rings. The third-order valence-corrected chi connectivity index (χ3v) is 5.51. The van der Waals surface area contributed by atoms with E-state index in [1.165, 1.54) is 10.8 Å². The van der Waals surface area contributed by atoms with Crippen LogP contribution in [0.4, 0.5) is 0 Å². The molecule has 0 aliphatic heterocycles. The molecule has 2 aromatic carbocycles. The predicted octanol–water partition coefficient (Wildman–Crippen LogP) is 2.92. The van der Waals surface area contributed by atoms with Crippen molar-refractivity contribution in [2.75, 3.05) is 0 Å². The molecular formula is C24H22ClN5O3. The van der Waals surface area contributed by atoms with Gasteiger partial charge in [0.1, 0.15) is 11.9 Å². The summed E-state index contributed by atoms with van der Waals surface area (Å²) < 4.78 is 2.29. The van der Waals surface area contributed by atoms with Crippen molar-refractivity contribution in [2.24, 2.45) is 0 Å². The van der Waals surface area contributed by atoms with Crippen molar-refractivity contribution in [1.82, 2.24) is 24.4 Å². The zero-order valence-electron chi connectivity index (χ0n) is 18.2. The smallest absolute Gasteiger partial charge is 0.333 e. The normalized spacial score (nSPS) is 11.0. The van der Waals surface area contributed by atoms with Crippen molar-refractivity contribution in [2.45, 2.75) is 33.5 Å². The number of carbonyl (C=O) groups is 1. The maximum atomic E-state index is 13.0. The molecule has 0 saturated heterocycles. The lowest BCUT2D eigenvalue weighted by Gasteiger charge is -2.13. The minimum Gasteiger partial charge on any atom is -0.350 e. The highest BCUT2D eigenvalue weighted by atomic mass is 35.5. The highest BCUT2D eigenvalue weighted by molar-refractivity contribution is 6.30. The molecule has 1 N–H and O–H groups in total. The third-order valence-electron chi connectivity index (χ3n) is 5.25. The first kappa shape index (κ1) is 22.4. The SMILES string of the molecule is CCn1c(=O)n(CC(=O)NCc2cccc(C)c2)c(=O)c2cnc(-c3ccc(Cl)cc3)nc21. The standard InChI is InChI=1S/C24H22ClN5O3/c1-3-29-22-19(13-27-21(28-22)17-7-9-18(25)10-8-17)23(32)30(24(29)33)14-20(31)26-12-16-6-4-5-15(2)11-16/h4-11,13H,3,12,14H2,1-2H3,(H,26,31). The molecule has 0 aliphatic carbocycles. The fraction of sp³-hybridized carbons (Fsp3) is 0.208. The topological polar surface area (TPSA) is 98.9 Å². The summed E-state index contributed by atoms with van der Waals surface area (Å²) in [5, 5.41) is 3.51. The molecule has 2 aromatic heterocycles. The van der Waals surface area contributed by atoms with Crippen molar-refractivity contribution >= 4 is 28.5 Å². The van der Waals surface area contributed by atoms with Crippen LogP contribution in [0.15, 0.2) is 64.3 Å². The van der Waals surface area contributed by atoms with E-state index in [4.69, 9.17) is 11.6 Å². The van der Waals surface area contributed by atoms with Gasteiger partial charge in [-0.1, -0.05) is 41.4 Å². The Bertz CT molecular complexity index is 1460. The highest BCUT2D eigenvalue weighted by Crippen LogP contribution is 2.19.